The molecule has 1 fully saturated rings. The van der Waals surface area contributed by atoms with Gasteiger partial charge in [-0.1, -0.05) is 6.92 Å². The topological polar surface area (TPSA) is 33.7 Å². The van der Waals surface area contributed by atoms with E-state index >= 15 is 0 Å². The molecule has 22 heavy (non-hydrogen) atoms. The number of halogens is 1. The van der Waals surface area contributed by atoms with Crippen LogP contribution in [0.1, 0.15) is 31.7 Å². The van der Waals surface area contributed by atoms with E-state index in [9.17, 15) is 0 Å². The quantitative estimate of drug-likeness (QED) is 0.796. The predicted octanol–water partition coefficient (Wildman–Crippen LogP) is 3.43. The first-order chi connectivity index (χ1) is 10.7. The predicted molar refractivity (Wildman–Crippen MR) is 93.8 cm³/mol. The van der Waals surface area contributed by atoms with Crippen LogP contribution in [0.3, 0.4) is 0 Å². The molecule has 1 aromatic carbocycles. The van der Waals surface area contributed by atoms with E-state index in [0.717, 1.165) is 42.0 Å². The standard InChI is InChI=1S/C17H27BrN2O2/c1-4-8-22-17-15(18)9-13(10-16(17)21-3)11-20-7-5-6-14(12-20)19-2/h9-10,14,19H,4-8,11-12H2,1-3H3. The van der Waals surface area contributed by atoms with E-state index in [1.807, 2.05) is 7.05 Å². The number of likely N-dealkylation sites (tertiary alicyclic amines) is 1. The Balaban J connectivity index is 2.09. The number of piperidine rings is 1. The van der Waals surface area contributed by atoms with Crippen molar-refractivity contribution in [3.8, 4) is 11.5 Å². The van der Waals surface area contributed by atoms with Gasteiger partial charge in [-0.25, -0.2) is 0 Å². The lowest BCUT2D eigenvalue weighted by Crippen LogP contribution is -2.43. The lowest BCUT2D eigenvalue weighted by molar-refractivity contribution is 0.187. The zero-order valence-corrected chi connectivity index (χ0v) is 15.4. The van der Waals surface area contributed by atoms with Crippen LogP contribution in [0.4, 0.5) is 0 Å². The highest BCUT2D eigenvalue weighted by Crippen LogP contribution is 2.37. The van der Waals surface area contributed by atoms with Crippen molar-refractivity contribution >= 4 is 15.9 Å². The molecular weight excluding hydrogens is 344 g/mol. The van der Waals surface area contributed by atoms with Crippen LogP contribution in [-0.4, -0.2) is 44.8 Å². The summed E-state index contributed by atoms with van der Waals surface area (Å²) in [5.74, 6) is 1.61. The molecule has 4 nitrogen and oxygen atoms in total. The third-order valence-corrected chi connectivity index (χ3v) is 4.65. The molecule has 0 saturated carbocycles. The Morgan fingerprint density at radius 2 is 2.23 bits per heavy atom. The fourth-order valence-corrected chi connectivity index (χ4v) is 3.51. The molecule has 1 unspecified atom stereocenters. The highest BCUT2D eigenvalue weighted by molar-refractivity contribution is 9.10. The van der Waals surface area contributed by atoms with Crippen LogP contribution in [0.15, 0.2) is 16.6 Å². The largest absolute Gasteiger partial charge is 0.493 e. The average molecular weight is 371 g/mol. The van der Waals surface area contributed by atoms with Crippen LogP contribution in [-0.2, 0) is 6.54 Å². The van der Waals surface area contributed by atoms with E-state index in [-0.39, 0.29) is 0 Å². The van der Waals surface area contributed by atoms with Crippen molar-refractivity contribution in [2.24, 2.45) is 0 Å². The second kappa shape index (κ2) is 8.75. The number of nitrogens with zero attached hydrogens (tertiary/aromatic N) is 1. The molecule has 1 N–H and O–H groups in total. The minimum Gasteiger partial charge on any atom is -0.493 e. The zero-order chi connectivity index (χ0) is 15.9. The molecule has 1 aliphatic heterocycles. The van der Waals surface area contributed by atoms with Crippen LogP contribution >= 0.6 is 15.9 Å². The summed E-state index contributed by atoms with van der Waals surface area (Å²) in [5.41, 5.74) is 1.25. The van der Waals surface area contributed by atoms with Crippen molar-refractivity contribution in [2.75, 3.05) is 33.9 Å². The van der Waals surface area contributed by atoms with Gasteiger partial charge in [-0.05, 0) is 66.5 Å². The van der Waals surface area contributed by atoms with E-state index < -0.39 is 0 Å². The van der Waals surface area contributed by atoms with Gasteiger partial charge >= 0.3 is 0 Å². The minimum absolute atomic E-state index is 0.603. The van der Waals surface area contributed by atoms with E-state index in [1.54, 1.807) is 7.11 Å². The Hall–Kier alpha value is -0.780. The number of hydrogen-bond acceptors (Lipinski definition) is 4. The molecule has 0 bridgehead atoms. The fourth-order valence-electron chi connectivity index (χ4n) is 2.90. The fraction of sp³-hybridized carbons (Fsp3) is 0.647. The monoisotopic (exact) mass is 370 g/mol. The number of ether oxygens (including phenoxy) is 2. The molecule has 0 aliphatic carbocycles. The summed E-state index contributed by atoms with van der Waals surface area (Å²) >= 11 is 3.62. The summed E-state index contributed by atoms with van der Waals surface area (Å²) in [6.45, 7) is 6.01. The Morgan fingerprint density at radius 3 is 2.91 bits per heavy atom. The molecule has 1 heterocycles. The number of nitrogens with one attached hydrogen (secondary N) is 1. The van der Waals surface area contributed by atoms with Gasteiger partial charge in [0.15, 0.2) is 11.5 Å². The maximum atomic E-state index is 5.79. The zero-order valence-electron chi connectivity index (χ0n) is 13.8. The molecule has 0 amide bonds. The number of likely N-dealkylation sites (N-methyl/N-ethyl adjacent to an activating group) is 1. The van der Waals surface area contributed by atoms with Crippen LogP contribution < -0.4 is 14.8 Å². The minimum atomic E-state index is 0.603. The lowest BCUT2D eigenvalue weighted by Gasteiger charge is -2.32. The molecule has 1 aromatic rings. The highest BCUT2D eigenvalue weighted by Gasteiger charge is 2.19. The average Bonchev–Trinajstić information content (AvgIpc) is 2.53. The van der Waals surface area contributed by atoms with E-state index in [0.29, 0.717) is 12.6 Å². The summed E-state index contributed by atoms with van der Waals surface area (Å²) in [7, 11) is 3.75. The van der Waals surface area contributed by atoms with Crippen LogP contribution in [0.5, 0.6) is 11.5 Å². The second-order valence-corrected chi connectivity index (χ2v) is 6.67. The van der Waals surface area contributed by atoms with Gasteiger partial charge in [0.2, 0.25) is 0 Å². The Kier molecular flexibility index (Phi) is 6.99. The number of benzene rings is 1. The summed E-state index contributed by atoms with van der Waals surface area (Å²) in [5, 5.41) is 3.39. The second-order valence-electron chi connectivity index (χ2n) is 5.82. The van der Waals surface area contributed by atoms with E-state index in [2.05, 4.69) is 45.2 Å². The van der Waals surface area contributed by atoms with E-state index in [1.165, 1.54) is 18.4 Å². The van der Waals surface area contributed by atoms with Gasteiger partial charge in [-0.3, -0.25) is 4.90 Å². The van der Waals surface area contributed by atoms with Gasteiger partial charge in [-0.15, -0.1) is 0 Å². The van der Waals surface area contributed by atoms with E-state index in [4.69, 9.17) is 9.47 Å². The molecule has 0 aromatic heterocycles. The first-order valence-corrected chi connectivity index (χ1v) is 8.86. The van der Waals surface area contributed by atoms with Crippen LogP contribution in [0.25, 0.3) is 0 Å². The normalized spacial score (nSPS) is 19.2. The van der Waals surface area contributed by atoms with Crippen molar-refractivity contribution in [3.05, 3.63) is 22.2 Å². The molecule has 0 spiro atoms. The molecule has 5 heteroatoms. The van der Waals surface area contributed by atoms with Gasteiger partial charge in [0.05, 0.1) is 18.2 Å². The molecule has 1 aliphatic rings. The van der Waals surface area contributed by atoms with Gasteiger partial charge in [0.1, 0.15) is 0 Å². The van der Waals surface area contributed by atoms with Gasteiger partial charge < -0.3 is 14.8 Å². The Morgan fingerprint density at radius 1 is 1.41 bits per heavy atom. The highest BCUT2D eigenvalue weighted by atomic mass is 79.9. The lowest BCUT2D eigenvalue weighted by atomic mass is 10.0. The smallest absolute Gasteiger partial charge is 0.175 e. The first kappa shape index (κ1) is 17.6. The summed E-state index contributed by atoms with van der Waals surface area (Å²) in [4.78, 5) is 2.50. The Bertz CT molecular complexity index is 482. The molecular formula is C17H27BrN2O2. The van der Waals surface area contributed by atoms with Crippen molar-refractivity contribution in [3.63, 3.8) is 0 Å². The van der Waals surface area contributed by atoms with Crippen molar-refractivity contribution in [1.82, 2.24) is 10.2 Å². The third-order valence-electron chi connectivity index (χ3n) is 4.06. The van der Waals surface area contributed by atoms with Crippen molar-refractivity contribution < 1.29 is 9.47 Å². The molecule has 124 valence electrons. The van der Waals surface area contributed by atoms with Gasteiger partial charge in [0, 0.05) is 19.1 Å². The van der Waals surface area contributed by atoms with Crippen LogP contribution in [0, 0.1) is 0 Å². The maximum absolute atomic E-state index is 5.79. The van der Waals surface area contributed by atoms with Crippen molar-refractivity contribution in [2.45, 2.75) is 38.8 Å². The number of hydrogen-bond donors (Lipinski definition) is 1. The van der Waals surface area contributed by atoms with Crippen LogP contribution in [0.2, 0.25) is 0 Å². The molecule has 1 atom stereocenters. The molecule has 1 saturated heterocycles. The van der Waals surface area contributed by atoms with Crippen molar-refractivity contribution in [1.29, 1.82) is 0 Å². The van der Waals surface area contributed by atoms with Gasteiger partial charge in [0.25, 0.3) is 0 Å². The number of methoxy groups -OCH3 is 1. The number of rotatable bonds is 7. The molecule has 0 radical (unpaired) electrons. The molecule has 2 rings (SSSR count). The summed E-state index contributed by atoms with van der Waals surface area (Å²) < 4.78 is 12.3. The van der Waals surface area contributed by atoms with Gasteiger partial charge in [-0.2, -0.15) is 0 Å². The maximum Gasteiger partial charge on any atom is 0.175 e. The SMILES string of the molecule is CCCOc1c(Br)cc(CN2CCCC(NC)C2)cc1OC. The summed E-state index contributed by atoms with van der Waals surface area (Å²) in [6, 6.07) is 4.85. The Labute approximate surface area is 142 Å². The third kappa shape index (κ3) is 4.61. The summed E-state index contributed by atoms with van der Waals surface area (Å²) in [6.07, 6.45) is 3.50. The first-order valence-electron chi connectivity index (χ1n) is 8.06.